The van der Waals surface area contributed by atoms with Crippen molar-refractivity contribution in [3.8, 4) is 0 Å². The summed E-state index contributed by atoms with van der Waals surface area (Å²) in [6, 6.07) is 0. The second kappa shape index (κ2) is 14.4. The Hall–Kier alpha value is 2.00. The number of hydrogen-bond donors (Lipinski definition) is 0. The van der Waals surface area contributed by atoms with E-state index in [4.69, 9.17) is 30.3 Å². The summed E-state index contributed by atoms with van der Waals surface area (Å²) < 4.78 is 1.11. The summed E-state index contributed by atoms with van der Waals surface area (Å²) in [4.78, 5) is 6.92. The van der Waals surface area contributed by atoms with Gasteiger partial charge in [-0.1, -0.05) is 22.6 Å². The summed E-state index contributed by atoms with van der Waals surface area (Å²) in [7, 11) is 23.2. The Labute approximate surface area is 136 Å². The van der Waals surface area contributed by atoms with Crippen molar-refractivity contribution in [2.45, 2.75) is 0 Å². The van der Waals surface area contributed by atoms with Crippen LogP contribution in [0.15, 0.2) is 0 Å². The van der Waals surface area contributed by atoms with Crippen LogP contribution in [0.3, 0.4) is 0 Å². The third-order valence-electron chi connectivity index (χ3n) is 2.00. The molecule has 0 heterocycles. The van der Waals surface area contributed by atoms with Gasteiger partial charge in [0.1, 0.15) is 0 Å². The van der Waals surface area contributed by atoms with Crippen molar-refractivity contribution in [2.75, 3.05) is 58.9 Å². The summed E-state index contributed by atoms with van der Waals surface area (Å²) in [5, 5.41) is 0. The van der Waals surface area contributed by atoms with E-state index in [2.05, 4.69) is 65.5 Å². The number of alkyl halides is 1. The Kier molecular flexibility index (Phi) is 18.1. The SMILES string of the molecule is CN(C)CCN(C)CCN(C)CI.[Cl][Fe]([Cl])[Cl]. The summed E-state index contributed by atoms with van der Waals surface area (Å²) in [5.41, 5.74) is 0. The summed E-state index contributed by atoms with van der Waals surface area (Å²) in [6.07, 6.45) is 0. The van der Waals surface area contributed by atoms with Crippen LogP contribution in [0.5, 0.6) is 0 Å². The van der Waals surface area contributed by atoms with E-state index in [1.165, 1.54) is 0 Å². The number of halogens is 4. The second-order valence-corrected chi connectivity index (χ2v) is 10.1. The van der Waals surface area contributed by atoms with E-state index in [1.54, 1.807) is 0 Å². The number of likely N-dealkylation sites (N-methyl/N-ethyl adjacent to an activating group) is 3. The van der Waals surface area contributed by atoms with Crippen LogP contribution >= 0.6 is 52.9 Å². The topological polar surface area (TPSA) is 9.72 Å². The zero-order chi connectivity index (χ0) is 13.8. The zero-order valence-electron chi connectivity index (χ0n) is 10.7. The van der Waals surface area contributed by atoms with Crippen molar-refractivity contribution in [1.29, 1.82) is 0 Å². The minimum atomic E-state index is -1.33. The molecule has 0 saturated heterocycles. The predicted octanol–water partition coefficient (Wildman–Crippen LogP) is 2.87. The van der Waals surface area contributed by atoms with Gasteiger partial charge in [-0.15, -0.1) is 0 Å². The third kappa shape index (κ3) is 23.5. The molecule has 0 fully saturated rings. The molecule has 0 saturated carbocycles. The molecule has 0 aromatic carbocycles. The average molecular weight is 461 g/mol. The molecule has 0 aliphatic rings. The number of hydrogen-bond acceptors (Lipinski definition) is 3. The van der Waals surface area contributed by atoms with Crippen LogP contribution in [0.1, 0.15) is 0 Å². The zero-order valence-corrected chi connectivity index (χ0v) is 16.3. The van der Waals surface area contributed by atoms with Crippen LogP contribution in [0.2, 0.25) is 0 Å². The first kappa shape index (κ1) is 21.3. The molecule has 0 atom stereocenters. The fraction of sp³-hybridized carbons (Fsp3) is 1.00. The van der Waals surface area contributed by atoms with Crippen molar-refractivity contribution in [3.05, 3.63) is 0 Å². The number of nitrogens with zero attached hydrogens (tertiary/aromatic N) is 3. The van der Waals surface area contributed by atoms with Crippen molar-refractivity contribution in [2.24, 2.45) is 0 Å². The van der Waals surface area contributed by atoms with Crippen molar-refractivity contribution >= 4 is 52.9 Å². The molecular formula is C9H22Cl3FeIN3. The fourth-order valence-electron chi connectivity index (χ4n) is 0.884. The van der Waals surface area contributed by atoms with E-state index in [-0.39, 0.29) is 0 Å². The molecular weight excluding hydrogens is 439 g/mol. The molecule has 0 aliphatic carbocycles. The molecule has 0 bridgehead atoms. The van der Waals surface area contributed by atoms with Gasteiger partial charge in [-0.2, -0.15) is 0 Å². The van der Waals surface area contributed by atoms with Crippen molar-refractivity contribution in [1.82, 2.24) is 14.7 Å². The van der Waals surface area contributed by atoms with Gasteiger partial charge in [0.15, 0.2) is 0 Å². The Balaban J connectivity index is 0. The first-order valence-electron chi connectivity index (χ1n) is 5.04. The summed E-state index contributed by atoms with van der Waals surface area (Å²) >= 11 is 1.06. The molecule has 0 unspecified atom stereocenters. The first-order chi connectivity index (χ1) is 7.79. The third-order valence-corrected chi connectivity index (χ3v) is 3.16. The maximum absolute atomic E-state index is 4.89. The predicted molar refractivity (Wildman–Crippen MR) is 85.1 cm³/mol. The molecule has 17 heavy (non-hydrogen) atoms. The van der Waals surface area contributed by atoms with E-state index in [0.717, 1.165) is 30.7 Å². The molecule has 109 valence electrons. The molecule has 3 nitrogen and oxygen atoms in total. The van der Waals surface area contributed by atoms with Crippen LogP contribution < -0.4 is 0 Å². The molecule has 0 spiro atoms. The normalized spacial score (nSPS) is 11.8. The molecule has 0 rings (SSSR count). The first-order valence-corrected chi connectivity index (χ1v) is 11.1. The van der Waals surface area contributed by atoms with Gasteiger partial charge in [-0.25, -0.2) is 0 Å². The van der Waals surface area contributed by atoms with Crippen LogP contribution in [-0.4, -0.2) is 73.6 Å². The van der Waals surface area contributed by atoms with Gasteiger partial charge in [0.25, 0.3) is 0 Å². The van der Waals surface area contributed by atoms with Crippen LogP contribution in [-0.2, 0) is 11.2 Å². The molecule has 0 radical (unpaired) electrons. The standard InChI is InChI=1S/C9H22IN3.3ClH.Fe/c1-11(2)5-6-12(3)7-8-13(4)9-10;;;;/h5-9H2,1-4H3;3*1H;/q;;;;+3/p-3. The molecule has 0 aromatic rings. The Morgan fingerprint density at radius 3 is 1.53 bits per heavy atom. The van der Waals surface area contributed by atoms with Gasteiger partial charge < -0.3 is 9.80 Å². The van der Waals surface area contributed by atoms with Crippen molar-refractivity contribution < 1.29 is 11.2 Å². The van der Waals surface area contributed by atoms with Gasteiger partial charge in [0.05, 0.1) is 4.55 Å². The van der Waals surface area contributed by atoms with Gasteiger partial charge in [0.2, 0.25) is 0 Å². The fourth-order valence-corrected chi connectivity index (χ4v) is 1.22. The summed E-state index contributed by atoms with van der Waals surface area (Å²) in [5.74, 6) is 0. The van der Waals surface area contributed by atoms with Crippen LogP contribution in [0, 0.1) is 0 Å². The molecule has 0 amide bonds. The Morgan fingerprint density at radius 1 is 0.824 bits per heavy atom. The van der Waals surface area contributed by atoms with Gasteiger partial charge in [-0.05, 0) is 28.2 Å². The van der Waals surface area contributed by atoms with E-state index in [1.807, 2.05) is 0 Å². The minimum absolute atomic E-state index is 1.11. The second-order valence-electron chi connectivity index (χ2n) is 3.96. The molecule has 8 heteroatoms. The molecule has 0 aromatic heterocycles. The van der Waals surface area contributed by atoms with Crippen LogP contribution in [0.4, 0.5) is 0 Å². The molecule has 0 aliphatic heterocycles. The monoisotopic (exact) mass is 460 g/mol. The van der Waals surface area contributed by atoms with E-state index in [9.17, 15) is 0 Å². The van der Waals surface area contributed by atoms with Gasteiger partial charge >= 0.3 is 41.5 Å². The van der Waals surface area contributed by atoms with Gasteiger partial charge in [-0.3, -0.25) is 4.90 Å². The maximum atomic E-state index is 4.89. The Morgan fingerprint density at radius 2 is 1.18 bits per heavy atom. The number of rotatable bonds is 7. The van der Waals surface area contributed by atoms with E-state index < -0.39 is 11.2 Å². The molecule has 0 N–H and O–H groups in total. The average Bonchev–Trinajstić information content (AvgIpc) is 2.22. The van der Waals surface area contributed by atoms with E-state index >= 15 is 0 Å². The quantitative estimate of drug-likeness (QED) is 0.250. The van der Waals surface area contributed by atoms with Crippen molar-refractivity contribution in [3.63, 3.8) is 0 Å². The van der Waals surface area contributed by atoms with Crippen LogP contribution in [0.25, 0.3) is 0 Å². The van der Waals surface area contributed by atoms with E-state index in [0.29, 0.717) is 0 Å². The van der Waals surface area contributed by atoms with Gasteiger partial charge in [0, 0.05) is 26.2 Å². The summed E-state index contributed by atoms with van der Waals surface area (Å²) in [6.45, 7) is 4.62. The Bertz CT molecular complexity index is 164.